The number of para-hydroxylation sites is 1. The molecule has 3 rings (SSSR count). The van der Waals surface area contributed by atoms with Gasteiger partial charge in [0, 0.05) is 31.5 Å². The van der Waals surface area contributed by atoms with Gasteiger partial charge in [-0.1, -0.05) is 18.2 Å². The number of rotatable bonds is 7. The van der Waals surface area contributed by atoms with E-state index in [0.717, 1.165) is 30.8 Å². The topological polar surface area (TPSA) is 85.4 Å². The molecule has 0 spiro atoms. The Morgan fingerprint density at radius 2 is 2.24 bits per heavy atom. The molecule has 0 aliphatic carbocycles. The van der Waals surface area contributed by atoms with Crippen molar-refractivity contribution in [1.29, 1.82) is 0 Å². The first-order valence-corrected chi connectivity index (χ1v) is 8.35. The quantitative estimate of drug-likeness (QED) is 0.801. The molecule has 1 aliphatic heterocycles. The number of carbonyl (C=O) groups excluding carboxylic acids is 1. The molecule has 1 aliphatic rings. The van der Waals surface area contributed by atoms with Crippen LogP contribution in [0.15, 0.2) is 36.5 Å². The lowest BCUT2D eigenvalue weighted by Crippen LogP contribution is -2.32. The monoisotopic (exact) mass is 342 g/mol. The van der Waals surface area contributed by atoms with Crippen LogP contribution in [0.4, 0.5) is 5.95 Å². The second-order valence-electron chi connectivity index (χ2n) is 5.78. The summed E-state index contributed by atoms with van der Waals surface area (Å²) in [6.45, 7) is 1.78. The van der Waals surface area contributed by atoms with Crippen LogP contribution in [0.3, 0.4) is 0 Å². The number of ether oxygens (including phenoxy) is 2. The Morgan fingerprint density at radius 1 is 1.36 bits per heavy atom. The summed E-state index contributed by atoms with van der Waals surface area (Å²) in [6.07, 6.45) is 3.70. The van der Waals surface area contributed by atoms with Crippen molar-refractivity contribution < 1.29 is 14.3 Å². The average Bonchev–Trinajstić information content (AvgIpc) is 3.18. The molecule has 0 radical (unpaired) electrons. The van der Waals surface area contributed by atoms with E-state index in [2.05, 4.69) is 20.6 Å². The standard InChI is InChI=1S/C18H22N4O3/c1-24-16-7-3-2-5-13(16)11-21-18-19-9-8-15(22-18)17(23)20-12-14-6-4-10-25-14/h2-3,5,7-9,14H,4,6,10-12H2,1H3,(H,20,23)(H,19,21,22). The maximum absolute atomic E-state index is 12.2. The molecule has 2 aromatic rings. The first-order valence-electron chi connectivity index (χ1n) is 8.35. The molecule has 7 heteroatoms. The number of benzene rings is 1. The zero-order valence-electron chi connectivity index (χ0n) is 14.2. The van der Waals surface area contributed by atoms with Gasteiger partial charge in [-0.2, -0.15) is 0 Å². The van der Waals surface area contributed by atoms with Gasteiger partial charge in [-0.05, 0) is 25.0 Å². The van der Waals surface area contributed by atoms with Crippen LogP contribution in [0, 0.1) is 0 Å². The summed E-state index contributed by atoms with van der Waals surface area (Å²) in [5, 5.41) is 5.98. The van der Waals surface area contributed by atoms with Crippen molar-refractivity contribution in [3.63, 3.8) is 0 Å². The first-order chi connectivity index (χ1) is 12.3. The van der Waals surface area contributed by atoms with Crippen molar-refractivity contribution in [3.8, 4) is 5.75 Å². The van der Waals surface area contributed by atoms with Gasteiger partial charge in [0.25, 0.3) is 5.91 Å². The van der Waals surface area contributed by atoms with Crippen LogP contribution < -0.4 is 15.4 Å². The smallest absolute Gasteiger partial charge is 0.270 e. The highest BCUT2D eigenvalue weighted by atomic mass is 16.5. The number of methoxy groups -OCH3 is 1. The number of nitrogens with one attached hydrogen (secondary N) is 2. The van der Waals surface area contributed by atoms with Crippen molar-refractivity contribution in [1.82, 2.24) is 15.3 Å². The molecule has 7 nitrogen and oxygen atoms in total. The summed E-state index contributed by atoms with van der Waals surface area (Å²) in [5.74, 6) is 0.967. The van der Waals surface area contributed by atoms with Crippen LogP contribution in [0.1, 0.15) is 28.9 Å². The molecule has 1 atom stereocenters. The second kappa shape index (κ2) is 8.43. The zero-order chi connectivity index (χ0) is 17.5. The van der Waals surface area contributed by atoms with Gasteiger partial charge in [0.1, 0.15) is 11.4 Å². The van der Waals surface area contributed by atoms with E-state index >= 15 is 0 Å². The third kappa shape index (κ3) is 4.67. The fourth-order valence-electron chi connectivity index (χ4n) is 2.70. The van der Waals surface area contributed by atoms with Gasteiger partial charge < -0.3 is 20.1 Å². The van der Waals surface area contributed by atoms with Gasteiger partial charge in [-0.25, -0.2) is 9.97 Å². The molecule has 0 bridgehead atoms. The van der Waals surface area contributed by atoms with E-state index < -0.39 is 0 Å². The number of hydrogen-bond acceptors (Lipinski definition) is 6. The van der Waals surface area contributed by atoms with Gasteiger partial charge in [-0.15, -0.1) is 0 Å². The number of anilines is 1. The Balaban J connectivity index is 1.58. The lowest BCUT2D eigenvalue weighted by molar-refractivity contribution is 0.0853. The van der Waals surface area contributed by atoms with Crippen LogP contribution in [0.2, 0.25) is 0 Å². The predicted molar refractivity (Wildman–Crippen MR) is 93.7 cm³/mol. The maximum Gasteiger partial charge on any atom is 0.270 e. The average molecular weight is 342 g/mol. The van der Waals surface area contributed by atoms with E-state index in [-0.39, 0.29) is 12.0 Å². The fourth-order valence-corrected chi connectivity index (χ4v) is 2.70. The molecule has 25 heavy (non-hydrogen) atoms. The second-order valence-corrected chi connectivity index (χ2v) is 5.78. The summed E-state index contributed by atoms with van der Waals surface area (Å²) in [4.78, 5) is 20.7. The fraction of sp³-hybridized carbons (Fsp3) is 0.389. The first kappa shape index (κ1) is 17.2. The molecule has 1 saturated heterocycles. The van der Waals surface area contributed by atoms with Gasteiger partial charge >= 0.3 is 0 Å². The third-order valence-electron chi connectivity index (χ3n) is 4.03. The molecule has 132 valence electrons. The summed E-state index contributed by atoms with van der Waals surface area (Å²) in [7, 11) is 1.63. The van der Waals surface area contributed by atoms with Gasteiger partial charge in [0.15, 0.2) is 0 Å². The summed E-state index contributed by atoms with van der Waals surface area (Å²) in [5.41, 5.74) is 1.32. The Bertz CT molecular complexity index is 717. The number of amides is 1. The minimum Gasteiger partial charge on any atom is -0.496 e. The lowest BCUT2D eigenvalue weighted by Gasteiger charge is -2.11. The molecule has 1 aromatic heterocycles. The molecule has 0 saturated carbocycles. The molecule has 2 heterocycles. The summed E-state index contributed by atoms with van der Waals surface area (Å²) < 4.78 is 10.8. The van der Waals surface area contributed by atoms with E-state index in [1.807, 2.05) is 24.3 Å². The molecular weight excluding hydrogens is 320 g/mol. The van der Waals surface area contributed by atoms with Crippen molar-refractivity contribution in [2.45, 2.75) is 25.5 Å². The highest BCUT2D eigenvalue weighted by molar-refractivity contribution is 5.92. The number of carbonyl (C=O) groups is 1. The maximum atomic E-state index is 12.2. The van der Waals surface area contributed by atoms with Crippen molar-refractivity contribution in [2.75, 3.05) is 25.6 Å². The minimum atomic E-state index is -0.224. The molecule has 1 unspecified atom stereocenters. The van der Waals surface area contributed by atoms with Crippen LogP contribution in [0.5, 0.6) is 5.75 Å². The Labute approximate surface area is 146 Å². The Kier molecular flexibility index (Phi) is 5.79. The predicted octanol–water partition coefficient (Wildman–Crippen LogP) is 2.01. The van der Waals surface area contributed by atoms with E-state index in [4.69, 9.17) is 9.47 Å². The van der Waals surface area contributed by atoms with Gasteiger partial charge in [0.05, 0.1) is 13.2 Å². The highest BCUT2D eigenvalue weighted by Crippen LogP contribution is 2.18. The zero-order valence-corrected chi connectivity index (χ0v) is 14.2. The van der Waals surface area contributed by atoms with Crippen molar-refractivity contribution in [3.05, 3.63) is 47.8 Å². The summed E-state index contributed by atoms with van der Waals surface area (Å²) in [6, 6.07) is 9.31. The molecule has 1 aromatic carbocycles. The van der Waals surface area contributed by atoms with E-state index in [1.54, 1.807) is 19.4 Å². The molecule has 1 amide bonds. The summed E-state index contributed by atoms with van der Waals surface area (Å²) >= 11 is 0. The number of aromatic nitrogens is 2. The van der Waals surface area contributed by atoms with Crippen LogP contribution in [-0.4, -0.2) is 42.2 Å². The Hall–Kier alpha value is -2.67. The number of nitrogens with zero attached hydrogens (tertiary/aromatic N) is 2. The van der Waals surface area contributed by atoms with E-state index in [9.17, 15) is 4.79 Å². The third-order valence-corrected chi connectivity index (χ3v) is 4.03. The minimum absolute atomic E-state index is 0.105. The van der Waals surface area contributed by atoms with Gasteiger partial charge in [0.2, 0.25) is 5.95 Å². The van der Waals surface area contributed by atoms with Crippen molar-refractivity contribution in [2.24, 2.45) is 0 Å². The SMILES string of the molecule is COc1ccccc1CNc1nccc(C(=O)NCC2CCCO2)n1. The van der Waals surface area contributed by atoms with Crippen LogP contribution in [0.25, 0.3) is 0 Å². The normalized spacial score (nSPS) is 16.4. The Morgan fingerprint density at radius 3 is 3.04 bits per heavy atom. The van der Waals surface area contributed by atoms with Crippen molar-refractivity contribution >= 4 is 11.9 Å². The van der Waals surface area contributed by atoms with E-state index in [0.29, 0.717) is 24.7 Å². The number of hydrogen-bond donors (Lipinski definition) is 2. The van der Waals surface area contributed by atoms with Crippen LogP contribution in [-0.2, 0) is 11.3 Å². The molecule has 2 N–H and O–H groups in total. The van der Waals surface area contributed by atoms with E-state index in [1.165, 1.54) is 0 Å². The molecule has 1 fully saturated rings. The van der Waals surface area contributed by atoms with Crippen LogP contribution >= 0.6 is 0 Å². The largest absolute Gasteiger partial charge is 0.496 e. The van der Waals surface area contributed by atoms with Gasteiger partial charge in [-0.3, -0.25) is 4.79 Å². The highest BCUT2D eigenvalue weighted by Gasteiger charge is 2.17. The molecular formula is C18H22N4O3. The lowest BCUT2D eigenvalue weighted by atomic mass is 10.2.